The molecule has 0 spiro atoms. The number of carbonyl (C=O) groups excluding carboxylic acids is 3. The number of likely N-dealkylation sites (tertiary alicyclic amines) is 1. The van der Waals surface area contributed by atoms with E-state index in [0.717, 1.165) is 16.9 Å². The molecule has 2 saturated heterocycles. The molecular formula is C28H30N4O9S. The van der Waals surface area contributed by atoms with Crippen molar-refractivity contribution in [1.29, 1.82) is 0 Å². The van der Waals surface area contributed by atoms with E-state index in [2.05, 4.69) is 5.32 Å². The Labute approximate surface area is 241 Å². The molecule has 2 aromatic heterocycles. The molecule has 2 aliphatic heterocycles. The van der Waals surface area contributed by atoms with Gasteiger partial charge in [-0.2, -0.15) is 9.04 Å². The lowest BCUT2D eigenvalue weighted by atomic mass is 9.80. The Morgan fingerprint density at radius 2 is 1.95 bits per heavy atom. The van der Waals surface area contributed by atoms with Crippen molar-refractivity contribution in [2.75, 3.05) is 20.2 Å². The van der Waals surface area contributed by atoms with E-state index in [9.17, 15) is 28.0 Å². The number of rotatable bonds is 6. The van der Waals surface area contributed by atoms with E-state index in [4.69, 9.17) is 13.9 Å². The Hall–Kier alpha value is -4.17. The van der Waals surface area contributed by atoms with Crippen molar-refractivity contribution in [3.63, 3.8) is 0 Å². The molecule has 4 heterocycles. The van der Waals surface area contributed by atoms with Crippen LogP contribution in [-0.2, 0) is 19.6 Å². The number of ketones is 1. The van der Waals surface area contributed by atoms with Gasteiger partial charge < -0.3 is 29.3 Å². The second kappa shape index (κ2) is 10.6. The monoisotopic (exact) mass is 598 g/mol. The number of amides is 2. The molecule has 1 aromatic carbocycles. The maximum absolute atomic E-state index is 14.1. The van der Waals surface area contributed by atoms with Gasteiger partial charge in [0.2, 0.25) is 15.9 Å². The molecule has 2 unspecified atom stereocenters. The summed E-state index contributed by atoms with van der Waals surface area (Å²) in [5, 5.41) is 15.2. The molecule has 13 nitrogen and oxygen atoms in total. The summed E-state index contributed by atoms with van der Waals surface area (Å²) in [7, 11) is -2.62. The van der Waals surface area contributed by atoms with Gasteiger partial charge in [-0.25, -0.2) is 13.2 Å². The number of carbonyl (C=O) groups is 3. The Bertz CT molecular complexity index is 1660. The molecule has 0 bridgehead atoms. The van der Waals surface area contributed by atoms with Gasteiger partial charge in [0.25, 0.3) is 5.95 Å². The van der Waals surface area contributed by atoms with Crippen LogP contribution in [0.15, 0.2) is 58.1 Å². The number of nitrogens with zero attached hydrogens (tertiary/aromatic N) is 3. The van der Waals surface area contributed by atoms with Crippen LogP contribution in [0, 0.1) is 5.21 Å². The molecule has 3 aromatic rings. The Morgan fingerprint density at radius 1 is 1.17 bits per heavy atom. The molecule has 1 N–H and O–H groups in total. The first kappa shape index (κ1) is 28.0. The minimum Gasteiger partial charge on any atom is -0.619 e. The van der Waals surface area contributed by atoms with Crippen LogP contribution in [0.2, 0.25) is 0 Å². The topological polar surface area (TPSA) is 162 Å². The number of nitrogens with one attached hydrogen (secondary N) is 1. The molecule has 1 saturated carbocycles. The maximum Gasteiger partial charge on any atom is 0.415 e. The van der Waals surface area contributed by atoms with E-state index in [1.807, 2.05) is 0 Å². The first-order valence-corrected chi connectivity index (χ1v) is 15.2. The Kier molecular flexibility index (Phi) is 7.05. The molecule has 222 valence electrons. The van der Waals surface area contributed by atoms with Gasteiger partial charge >= 0.3 is 6.09 Å². The summed E-state index contributed by atoms with van der Waals surface area (Å²) in [6.45, 7) is -0.263. The minimum absolute atomic E-state index is 0.0532. The van der Waals surface area contributed by atoms with Crippen LogP contribution in [-0.4, -0.2) is 73.2 Å². The van der Waals surface area contributed by atoms with Crippen LogP contribution in [0.25, 0.3) is 11.0 Å². The lowest BCUT2D eigenvalue weighted by molar-refractivity contribution is -0.607. The summed E-state index contributed by atoms with van der Waals surface area (Å²) in [6.07, 6.45) is 4.40. The second-order valence-electron chi connectivity index (χ2n) is 10.8. The molecule has 1 aliphatic carbocycles. The molecule has 2 atom stereocenters. The SMILES string of the molecule is COc1ccc2oc(OC(=O)NC3(C(=O)N4CCC5C4C(=O)CN5S(=O)(=O)c4ccc[n+]([O-])c4)CCCCC3)cc2c1. The van der Waals surface area contributed by atoms with E-state index >= 15 is 0 Å². The molecular weight excluding hydrogens is 568 g/mol. The van der Waals surface area contributed by atoms with Crippen molar-refractivity contribution in [2.45, 2.75) is 61.0 Å². The van der Waals surface area contributed by atoms with Gasteiger partial charge in [0.15, 0.2) is 18.2 Å². The Balaban J connectivity index is 1.21. The number of fused-ring (bicyclic) bond motifs is 2. The van der Waals surface area contributed by atoms with Crippen molar-refractivity contribution < 1.29 is 41.4 Å². The predicted molar refractivity (Wildman–Crippen MR) is 146 cm³/mol. The third kappa shape index (κ3) is 4.83. The number of sulfonamides is 1. The molecule has 14 heteroatoms. The standard InChI is InChI=1S/C28H30N4O9S/c1-39-19-7-8-23-18(14-19)15-24(40-23)41-27(35)29-28(10-3-2-4-11-28)26(34)31-13-9-21-25(31)22(33)17-32(21)42(37,38)20-6-5-12-30(36)16-20/h5-8,12,14-16,21,25H,2-4,9-11,13,17H2,1H3,(H,29,35). The first-order valence-electron chi connectivity index (χ1n) is 13.7. The fourth-order valence-corrected chi connectivity index (χ4v) is 7.99. The maximum atomic E-state index is 14.1. The summed E-state index contributed by atoms with van der Waals surface area (Å²) >= 11 is 0. The normalized spacial score (nSPS) is 22.2. The second-order valence-corrected chi connectivity index (χ2v) is 12.7. The van der Waals surface area contributed by atoms with Gasteiger partial charge in [-0.05, 0) is 43.5 Å². The highest BCUT2D eigenvalue weighted by molar-refractivity contribution is 7.89. The van der Waals surface area contributed by atoms with Crippen LogP contribution >= 0.6 is 0 Å². The number of hydrogen-bond acceptors (Lipinski definition) is 9. The summed E-state index contributed by atoms with van der Waals surface area (Å²) in [6, 6.07) is 7.54. The highest BCUT2D eigenvalue weighted by Gasteiger charge is 2.57. The van der Waals surface area contributed by atoms with Crippen LogP contribution in [0.4, 0.5) is 4.79 Å². The summed E-state index contributed by atoms with van der Waals surface area (Å²) < 4.78 is 44.4. The van der Waals surface area contributed by atoms with Crippen molar-refractivity contribution >= 4 is 38.8 Å². The molecule has 3 fully saturated rings. The zero-order valence-electron chi connectivity index (χ0n) is 22.9. The van der Waals surface area contributed by atoms with E-state index < -0.39 is 52.0 Å². The zero-order chi connectivity index (χ0) is 29.6. The van der Waals surface area contributed by atoms with Gasteiger partial charge in [-0.15, -0.1) is 0 Å². The smallest absolute Gasteiger partial charge is 0.415 e. The lowest BCUT2D eigenvalue weighted by Gasteiger charge is -2.40. The minimum atomic E-state index is -4.16. The zero-order valence-corrected chi connectivity index (χ0v) is 23.7. The highest BCUT2D eigenvalue weighted by atomic mass is 32.2. The van der Waals surface area contributed by atoms with Gasteiger partial charge in [0.1, 0.15) is 27.8 Å². The molecule has 42 heavy (non-hydrogen) atoms. The molecule has 0 radical (unpaired) electrons. The average Bonchev–Trinajstić information content (AvgIpc) is 3.67. The van der Waals surface area contributed by atoms with Crippen LogP contribution in [0.3, 0.4) is 0 Å². The summed E-state index contributed by atoms with van der Waals surface area (Å²) in [4.78, 5) is 41.6. The van der Waals surface area contributed by atoms with Crippen molar-refractivity contribution in [1.82, 2.24) is 14.5 Å². The number of methoxy groups -OCH3 is 1. The molecule has 2 amide bonds. The van der Waals surface area contributed by atoms with Crippen LogP contribution in [0.1, 0.15) is 38.5 Å². The van der Waals surface area contributed by atoms with Gasteiger partial charge in [-0.1, -0.05) is 19.3 Å². The fourth-order valence-electron chi connectivity index (χ4n) is 6.35. The quantitative estimate of drug-likeness (QED) is 0.331. The predicted octanol–water partition coefficient (Wildman–Crippen LogP) is 2.11. The number of hydrogen-bond donors (Lipinski definition) is 1. The van der Waals surface area contributed by atoms with E-state index in [1.54, 1.807) is 24.3 Å². The molecule has 6 rings (SSSR count). The number of ether oxygens (including phenoxy) is 2. The third-order valence-electron chi connectivity index (χ3n) is 8.34. The largest absolute Gasteiger partial charge is 0.619 e. The number of aromatic nitrogens is 1. The number of furan rings is 1. The average molecular weight is 599 g/mol. The Morgan fingerprint density at radius 3 is 2.69 bits per heavy atom. The number of Topliss-reactive ketones (excluding diaryl/α,β-unsaturated/α-hetero) is 1. The first-order chi connectivity index (χ1) is 20.1. The van der Waals surface area contributed by atoms with Crippen LogP contribution in [0.5, 0.6) is 11.7 Å². The van der Waals surface area contributed by atoms with E-state index in [0.29, 0.717) is 47.1 Å². The van der Waals surface area contributed by atoms with Gasteiger partial charge in [0, 0.05) is 24.1 Å². The number of pyridine rings is 1. The van der Waals surface area contributed by atoms with Crippen LogP contribution < -0.4 is 19.5 Å². The van der Waals surface area contributed by atoms with Gasteiger partial charge in [-0.3, -0.25) is 9.59 Å². The van der Waals surface area contributed by atoms with Crippen molar-refractivity contribution in [3.05, 3.63) is 54.0 Å². The highest BCUT2D eigenvalue weighted by Crippen LogP contribution is 2.38. The lowest BCUT2D eigenvalue weighted by Crippen LogP contribution is -2.62. The van der Waals surface area contributed by atoms with Gasteiger partial charge in [0.05, 0.1) is 19.7 Å². The summed E-state index contributed by atoms with van der Waals surface area (Å²) in [5.41, 5.74) is -0.829. The van der Waals surface area contributed by atoms with Crippen molar-refractivity contribution in [3.8, 4) is 11.7 Å². The molecule has 3 aliphatic rings. The third-order valence-corrected chi connectivity index (χ3v) is 10.2. The van der Waals surface area contributed by atoms with E-state index in [1.165, 1.54) is 30.3 Å². The van der Waals surface area contributed by atoms with E-state index in [-0.39, 0.29) is 23.8 Å². The van der Waals surface area contributed by atoms with Crippen molar-refractivity contribution in [2.24, 2.45) is 0 Å². The number of benzene rings is 1. The fraction of sp³-hybridized carbons (Fsp3) is 0.429. The summed E-state index contributed by atoms with van der Waals surface area (Å²) in [5.74, 6) is -0.291.